The topological polar surface area (TPSA) is 98.8 Å². The number of imide groups is 1. The standard InChI is InChI=1S/C26H36N4O4/c1-4-25(2,3)19-10-12-26(13-11-19)23(33)30(24(34)28-26)17-21(31)27-20-8-5-7-18(15-20)16-29-14-6-9-22(29)32/h5,7-8,15,19H,4,6,9-14,16-17H2,1-3H3,(H,27,31)(H,28,34). The predicted molar refractivity (Wildman–Crippen MR) is 129 cm³/mol. The molecule has 3 fully saturated rings. The van der Waals surface area contributed by atoms with E-state index in [-0.39, 0.29) is 23.8 Å². The van der Waals surface area contributed by atoms with E-state index in [1.165, 1.54) is 0 Å². The van der Waals surface area contributed by atoms with E-state index >= 15 is 0 Å². The van der Waals surface area contributed by atoms with Crippen molar-refractivity contribution in [2.45, 2.75) is 77.8 Å². The molecule has 1 aromatic carbocycles. The van der Waals surface area contributed by atoms with Crippen molar-refractivity contribution in [1.29, 1.82) is 0 Å². The average molecular weight is 469 g/mol. The van der Waals surface area contributed by atoms with Crippen LogP contribution in [-0.4, -0.2) is 52.2 Å². The van der Waals surface area contributed by atoms with E-state index in [1.54, 1.807) is 6.07 Å². The minimum atomic E-state index is -0.875. The molecule has 1 aromatic rings. The van der Waals surface area contributed by atoms with Crippen LogP contribution in [0.1, 0.15) is 71.3 Å². The summed E-state index contributed by atoms with van der Waals surface area (Å²) in [4.78, 5) is 53.3. The molecule has 2 heterocycles. The Labute approximate surface area is 201 Å². The number of amides is 5. The van der Waals surface area contributed by atoms with Gasteiger partial charge in [0.15, 0.2) is 0 Å². The summed E-state index contributed by atoms with van der Waals surface area (Å²) in [7, 11) is 0. The SMILES string of the molecule is CCC(C)(C)C1CCC2(CC1)NC(=O)N(CC(=O)Nc1cccc(CN3CCCC3=O)c1)C2=O. The van der Waals surface area contributed by atoms with Crippen molar-refractivity contribution in [3.63, 3.8) is 0 Å². The molecule has 0 aromatic heterocycles. The monoisotopic (exact) mass is 468 g/mol. The maximum Gasteiger partial charge on any atom is 0.325 e. The molecule has 1 spiro atoms. The summed E-state index contributed by atoms with van der Waals surface area (Å²) < 4.78 is 0. The number of carbonyl (C=O) groups excluding carboxylic acids is 4. The highest BCUT2D eigenvalue weighted by atomic mass is 16.2. The summed E-state index contributed by atoms with van der Waals surface area (Å²) >= 11 is 0. The van der Waals surface area contributed by atoms with Crippen LogP contribution in [-0.2, 0) is 20.9 Å². The van der Waals surface area contributed by atoms with Crippen molar-refractivity contribution >= 4 is 29.4 Å². The van der Waals surface area contributed by atoms with Gasteiger partial charge in [0, 0.05) is 25.2 Å². The molecule has 8 heteroatoms. The van der Waals surface area contributed by atoms with Crippen molar-refractivity contribution in [3.8, 4) is 0 Å². The van der Waals surface area contributed by atoms with E-state index in [4.69, 9.17) is 0 Å². The third-order valence-corrected chi connectivity index (χ3v) is 8.16. The molecular weight excluding hydrogens is 432 g/mol. The lowest BCUT2D eigenvalue weighted by atomic mass is 9.65. The van der Waals surface area contributed by atoms with Crippen LogP contribution in [0.15, 0.2) is 24.3 Å². The Hall–Kier alpha value is -2.90. The summed E-state index contributed by atoms with van der Waals surface area (Å²) in [6, 6.07) is 6.84. The van der Waals surface area contributed by atoms with Crippen LogP contribution in [0.5, 0.6) is 0 Å². The van der Waals surface area contributed by atoms with Crippen molar-refractivity contribution in [1.82, 2.24) is 15.1 Å². The van der Waals surface area contributed by atoms with E-state index in [0.717, 1.165) is 42.7 Å². The van der Waals surface area contributed by atoms with Gasteiger partial charge in [0.05, 0.1) is 0 Å². The average Bonchev–Trinajstić information content (AvgIpc) is 3.30. The summed E-state index contributed by atoms with van der Waals surface area (Å²) in [5.74, 6) is -0.0417. The van der Waals surface area contributed by atoms with Crippen LogP contribution < -0.4 is 10.6 Å². The third-order valence-electron chi connectivity index (χ3n) is 8.16. The fraction of sp³-hybridized carbons (Fsp3) is 0.615. The molecule has 0 atom stereocenters. The zero-order valence-electron chi connectivity index (χ0n) is 20.5. The number of urea groups is 1. The highest BCUT2D eigenvalue weighted by Crippen LogP contribution is 2.45. The Morgan fingerprint density at radius 1 is 1.21 bits per heavy atom. The Kier molecular flexibility index (Phi) is 6.69. The van der Waals surface area contributed by atoms with E-state index in [9.17, 15) is 19.2 Å². The molecule has 0 unspecified atom stereocenters. The maximum absolute atomic E-state index is 13.2. The quantitative estimate of drug-likeness (QED) is 0.597. The first kappa shape index (κ1) is 24.2. The van der Waals surface area contributed by atoms with Crippen LogP contribution in [0, 0.1) is 11.3 Å². The molecule has 2 aliphatic heterocycles. The Bertz CT molecular complexity index is 981. The number of nitrogens with one attached hydrogen (secondary N) is 2. The highest BCUT2D eigenvalue weighted by Gasteiger charge is 2.53. The number of likely N-dealkylation sites (tertiary alicyclic amines) is 1. The molecule has 2 N–H and O–H groups in total. The Morgan fingerprint density at radius 3 is 2.59 bits per heavy atom. The van der Waals surface area contributed by atoms with E-state index < -0.39 is 17.5 Å². The molecule has 2 saturated heterocycles. The van der Waals surface area contributed by atoms with Crippen molar-refractivity contribution in [2.75, 3.05) is 18.4 Å². The Morgan fingerprint density at radius 2 is 1.94 bits per heavy atom. The van der Waals surface area contributed by atoms with Gasteiger partial charge in [-0.25, -0.2) is 4.79 Å². The molecule has 4 rings (SSSR count). The number of rotatable bonds is 7. The van der Waals surface area contributed by atoms with Crippen molar-refractivity contribution in [2.24, 2.45) is 11.3 Å². The molecule has 3 aliphatic rings. The van der Waals surface area contributed by atoms with Gasteiger partial charge in [0.25, 0.3) is 5.91 Å². The van der Waals surface area contributed by atoms with E-state index in [0.29, 0.717) is 37.4 Å². The van der Waals surface area contributed by atoms with E-state index in [2.05, 4.69) is 31.4 Å². The lowest BCUT2D eigenvalue weighted by Crippen LogP contribution is -2.51. The largest absolute Gasteiger partial charge is 0.338 e. The van der Waals surface area contributed by atoms with Crippen LogP contribution >= 0.6 is 0 Å². The third kappa shape index (κ3) is 4.81. The number of anilines is 1. The number of hydrogen-bond donors (Lipinski definition) is 2. The summed E-state index contributed by atoms with van der Waals surface area (Å²) in [6.45, 7) is 7.66. The van der Waals surface area contributed by atoms with Gasteiger partial charge in [-0.3, -0.25) is 19.3 Å². The van der Waals surface area contributed by atoms with Crippen molar-refractivity contribution < 1.29 is 19.2 Å². The van der Waals surface area contributed by atoms with Crippen LogP contribution in [0.4, 0.5) is 10.5 Å². The molecule has 184 valence electrons. The number of hydrogen-bond acceptors (Lipinski definition) is 4. The lowest BCUT2D eigenvalue weighted by Gasteiger charge is -2.42. The predicted octanol–water partition coefficient (Wildman–Crippen LogP) is 3.66. The molecule has 5 amide bonds. The molecule has 1 saturated carbocycles. The minimum absolute atomic E-state index is 0.147. The van der Waals surface area contributed by atoms with Crippen LogP contribution in [0.3, 0.4) is 0 Å². The number of benzene rings is 1. The first-order valence-electron chi connectivity index (χ1n) is 12.4. The van der Waals surface area contributed by atoms with Gasteiger partial charge in [-0.2, -0.15) is 0 Å². The van der Waals surface area contributed by atoms with Gasteiger partial charge in [0.1, 0.15) is 12.1 Å². The molecule has 0 radical (unpaired) electrons. The summed E-state index contributed by atoms with van der Waals surface area (Å²) in [6.07, 6.45) is 5.54. The second-order valence-corrected chi connectivity index (χ2v) is 10.7. The molecular formula is C26H36N4O4. The van der Waals surface area contributed by atoms with Crippen LogP contribution in [0.25, 0.3) is 0 Å². The normalized spacial score (nSPS) is 25.3. The van der Waals surface area contributed by atoms with Gasteiger partial charge < -0.3 is 15.5 Å². The van der Waals surface area contributed by atoms with Gasteiger partial charge in [0.2, 0.25) is 11.8 Å². The van der Waals surface area contributed by atoms with Crippen molar-refractivity contribution in [3.05, 3.63) is 29.8 Å². The summed E-state index contributed by atoms with van der Waals surface area (Å²) in [5, 5.41) is 5.70. The molecule has 0 bridgehead atoms. The molecule has 1 aliphatic carbocycles. The van der Waals surface area contributed by atoms with Crippen LogP contribution in [0.2, 0.25) is 0 Å². The first-order valence-corrected chi connectivity index (χ1v) is 12.4. The zero-order chi connectivity index (χ0) is 24.5. The second-order valence-electron chi connectivity index (χ2n) is 10.7. The van der Waals surface area contributed by atoms with Gasteiger partial charge in [-0.15, -0.1) is 0 Å². The number of nitrogens with zero attached hydrogens (tertiary/aromatic N) is 2. The smallest absolute Gasteiger partial charge is 0.325 e. The Balaban J connectivity index is 1.35. The minimum Gasteiger partial charge on any atom is -0.338 e. The zero-order valence-corrected chi connectivity index (χ0v) is 20.5. The first-order chi connectivity index (χ1) is 16.1. The maximum atomic E-state index is 13.2. The van der Waals surface area contributed by atoms with Gasteiger partial charge >= 0.3 is 6.03 Å². The van der Waals surface area contributed by atoms with Gasteiger partial charge in [-0.05, 0) is 61.1 Å². The number of carbonyl (C=O) groups is 4. The summed E-state index contributed by atoms with van der Waals surface area (Å²) in [5.41, 5.74) is 0.843. The molecule has 34 heavy (non-hydrogen) atoms. The molecule has 8 nitrogen and oxygen atoms in total. The van der Waals surface area contributed by atoms with E-state index in [1.807, 2.05) is 23.1 Å². The second kappa shape index (κ2) is 9.39. The lowest BCUT2D eigenvalue weighted by molar-refractivity contribution is -0.135. The van der Waals surface area contributed by atoms with Gasteiger partial charge in [-0.1, -0.05) is 39.3 Å². The highest BCUT2D eigenvalue weighted by molar-refractivity contribution is 6.10. The fourth-order valence-corrected chi connectivity index (χ4v) is 5.52. The fourth-order valence-electron chi connectivity index (χ4n) is 5.52.